The van der Waals surface area contributed by atoms with E-state index < -0.39 is 0 Å². The Labute approximate surface area is 102 Å². The third-order valence-electron chi connectivity index (χ3n) is 3.04. The number of hydrogen-bond acceptors (Lipinski definition) is 2. The summed E-state index contributed by atoms with van der Waals surface area (Å²) < 4.78 is 0. The Bertz CT molecular complexity index is 426. The smallest absolute Gasteiger partial charge is 0.0899 e. The summed E-state index contributed by atoms with van der Waals surface area (Å²) in [6, 6.07) is 6.49. The highest BCUT2D eigenvalue weighted by atomic mass is 32.2. The fourth-order valence-corrected chi connectivity index (χ4v) is 2.65. The summed E-state index contributed by atoms with van der Waals surface area (Å²) in [4.78, 5) is 4.58. The van der Waals surface area contributed by atoms with Gasteiger partial charge < -0.3 is 0 Å². The van der Waals surface area contributed by atoms with Gasteiger partial charge in [-0.3, -0.25) is 4.99 Å². The average Bonchev–Trinajstić information content (AvgIpc) is 2.30. The Morgan fingerprint density at radius 1 is 1.25 bits per heavy atom. The molecule has 1 aromatic rings. The van der Waals surface area contributed by atoms with E-state index >= 15 is 0 Å². The van der Waals surface area contributed by atoms with Crippen molar-refractivity contribution < 1.29 is 0 Å². The highest BCUT2D eigenvalue weighted by Crippen LogP contribution is 2.27. The summed E-state index contributed by atoms with van der Waals surface area (Å²) in [7, 11) is 0. The molecule has 0 N–H and O–H groups in total. The largest absolute Gasteiger partial charge is 0.278 e. The van der Waals surface area contributed by atoms with Gasteiger partial charge in [0.15, 0.2) is 0 Å². The van der Waals surface area contributed by atoms with Crippen LogP contribution in [0.4, 0.5) is 0 Å². The van der Waals surface area contributed by atoms with E-state index in [4.69, 9.17) is 0 Å². The van der Waals surface area contributed by atoms with Crippen LogP contribution >= 0.6 is 11.8 Å². The summed E-state index contributed by atoms with van der Waals surface area (Å²) in [6.07, 6.45) is 6.50. The van der Waals surface area contributed by atoms with Crippen LogP contribution in [-0.4, -0.2) is 17.8 Å². The van der Waals surface area contributed by atoms with Gasteiger partial charge in [-0.25, -0.2) is 0 Å². The van der Waals surface area contributed by atoms with Crippen molar-refractivity contribution in [1.82, 2.24) is 0 Å². The maximum atomic E-state index is 4.58. The summed E-state index contributed by atoms with van der Waals surface area (Å²) in [5.41, 5.74) is 4.19. The zero-order valence-corrected chi connectivity index (χ0v) is 10.8. The predicted molar refractivity (Wildman–Crippen MR) is 73.6 cm³/mol. The molecule has 1 aliphatic rings. The molecule has 0 spiro atoms. The molecule has 0 fully saturated rings. The van der Waals surface area contributed by atoms with Crippen molar-refractivity contribution in [3.63, 3.8) is 0 Å². The van der Waals surface area contributed by atoms with E-state index in [0.717, 1.165) is 11.6 Å². The van der Waals surface area contributed by atoms with E-state index in [9.17, 15) is 0 Å². The van der Waals surface area contributed by atoms with Gasteiger partial charge in [0.1, 0.15) is 0 Å². The minimum atomic E-state index is 0.456. The number of dihydropyridines is 1. The molecule has 0 amide bonds. The van der Waals surface area contributed by atoms with Gasteiger partial charge in [0.25, 0.3) is 0 Å². The highest BCUT2D eigenvalue weighted by Gasteiger charge is 2.15. The zero-order valence-electron chi connectivity index (χ0n) is 10.0. The van der Waals surface area contributed by atoms with Crippen LogP contribution in [0.15, 0.2) is 35.3 Å². The van der Waals surface area contributed by atoms with Crippen LogP contribution in [0.1, 0.15) is 22.6 Å². The van der Waals surface area contributed by atoms with E-state index in [-0.39, 0.29) is 0 Å². The Kier molecular flexibility index (Phi) is 3.49. The normalized spacial score (nSPS) is 19.7. The quantitative estimate of drug-likeness (QED) is 0.717. The molecule has 0 bridgehead atoms. The van der Waals surface area contributed by atoms with E-state index in [1.54, 1.807) is 11.8 Å². The topological polar surface area (TPSA) is 12.4 Å². The molecular weight excluding hydrogens is 214 g/mol. The first-order valence-electron chi connectivity index (χ1n) is 5.55. The molecular formula is C14H17NS. The SMILES string of the molecule is CSC1=NCC(c2c(C)cccc2C)C=C1. The fraction of sp³-hybridized carbons (Fsp3) is 0.357. The first-order chi connectivity index (χ1) is 7.72. The number of nitrogens with zero attached hydrogens (tertiary/aromatic N) is 1. The van der Waals surface area contributed by atoms with E-state index in [0.29, 0.717) is 5.92 Å². The first-order valence-corrected chi connectivity index (χ1v) is 6.77. The molecule has 0 saturated heterocycles. The number of aryl methyl sites for hydroxylation is 2. The van der Waals surface area contributed by atoms with Crippen molar-refractivity contribution in [3.8, 4) is 0 Å². The number of hydrogen-bond donors (Lipinski definition) is 0. The molecule has 1 aliphatic heterocycles. The fourth-order valence-electron chi connectivity index (χ4n) is 2.23. The van der Waals surface area contributed by atoms with Crippen molar-refractivity contribution in [2.45, 2.75) is 19.8 Å². The van der Waals surface area contributed by atoms with Crippen molar-refractivity contribution in [2.24, 2.45) is 4.99 Å². The van der Waals surface area contributed by atoms with Crippen molar-refractivity contribution in [3.05, 3.63) is 47.0 Å². The third-order valence-corrected chi connectivity index (χ3v) is 3.72. The Hall–Kier alpha value is -1.02. The molecule has 0 aromatic heterocycles. The molecule has 2 rings (SSSR count). The van der Waals surface area contributed by atoms with Gasteiger partial charge in [0, 0.05) is 5.92 Å². The Morgan fingerprint density at radius 2 is 1.94 bits per heavy atom. The molecule has 84 valence electrons. The molecule has 1 nitrogen and oxygen atoms in total. The second-order valence-corrected chi connectivity index (χ2v) is 4.98. The van der Waals surface area contributed by atoms with Crippen LogP contribution in [-0.2, 0) is 0 Å². The Morgan fingerprint density at radius 3 is 2.44 bits per heavy atom. The monoisotopic (exact) mass is 231 g/mol. The molecule has 1 aromatic carbocycles. The number of rotatable bonds is 1. The van der Waals surface area contributed by atoms with Crippen LogP contribution < -0.4 is 0 Å². The number of benzene rings is 1. The Balaban J connectivity index is 2.28. The van der Waals surface area contributed by atoms with Crippen molar-refractivity contribution in [2.75, 3.05) is 12.8 Å². The molecule has 0 aliphatic carbocycles. The van der Waals surface area contributed by atoms with Crippen LogP contribution in [0.5, 0.6) is 0 Å². The molecule has 1 atom stereocenters. The summed E-state index contributed by atoms with van der Waals surface area (Å²) in [5.74, 6) is 0.456. The van der Waals surface area contributed by atoms with Crippen molar-refractivity contribution in [1.29, 1.82) is 0 Å². The average molecular weight is 231 g/mol. The maximum Gasteiger partial charge on any atom is 0.0899 e. The number of aliphatic imine (C=N–C) groups is 1. The summed E-state index contributed by atoms with van der Waals surface area (Å²) in [5, 5.41) is 1.14. The van der Waals surface area contributed by atoms with Gasteiger partial charge in [-0.2, -0.15) is 0 Å². The van der Waals surface area contributed by atoms with E-state index in [1.807, 2.05) is 0 Å². The lowest BCUT2D eigenvalue weighted by Crippen LogP contribution is -2.09. The second-order valence-electron chi connectivity index (χ2n) is 4.15. The van der Waals surface area contributed by atoms with Crippen LogP contribution in [0.2, 0.25) is 0 Å². The minimum absolute atomic E-state index is 0.456. The summed E-state index contributed by atoms with van der Waals surface area (Å²) in [6.45, 7) is 5.26. The lowest BCUT2D eigenvalue weighted by Gasteiger charge is -2.19. The molecule has 0 saturated carbocycles. The molecule has 0 radical (unpaired) electrons. The number of thioether (sulfide) groups is 1. The third kappa shape index (κ3) is 2.22. The lowest BCUT2D eigenvalue weighted by molar-refractivity contribution is 0.829. The summed E-state index contributed by atoms with van der Waals surface area (Å²) >= 11 is 1.71. The van der Waals surface area contributed by atoms with Crippen LogP contribution in [0.25, 0.3) is 0 Å². The zero-order chi connectivity index (χ0) is 11.5. The minimum Gasteiger partial charge on any atom is -0.278 e. The second kappa shape index (κ2) is 4.88. The molecule has 1 unspecified atom stereocenters. The van der Waals surface area contributed by atoms with E-state index in [2.05, 4.69) is 55.4 Å². The first kappa shape index (κ1) is 11.5. The van der Waals surface area contributed by atoms with Gasteiger partial charge in [-0.1, -0.05) is 24.3 Å². The predicted octanol–water partition coefficient (Wildman–Crippen LogP) is 3.72. The van der Waals surface area contributed by atoms with Gasteiger partial charge >= 0.3 is 0 Å². The van der Waals surface area contributed by atoms with Gasteiger partial charge in [0.05, 0.1) is 11.6 Å². The van der Waals surface area contributed by atoms with Gasteiger partial charge in [-0.15, -0.1) is 11.8 Å². The van der Waals surface area contributed by atoms with Gasteiger partial charge in [0.2, 0.25) is 0 Å². The molecule has 2 heteroatoms. The van der Waals surface area contributed by atoms with Crippen molar-refractivity contribution >= 4 is 16.8 Å². The van der Waals surface area contributed by atoms with Crippen LogP contribution in [0.3, 0.4) is 0 Å². The highest BCUT2D eigenvalue weighted by molar-refractivity contribution is 8.13. The standard InChI is InChI=1S/C14H17NS/c1-10-5-4-6-11(2)14(10)12-7-8-13(16-3)15-9-12/h4-8,12H,9H2,1-3H3. The maximum absolute atomic E-state index is 4.58. The lowest BCUT2D eigenvalue weighted by atomic mass is 9.90. The molecule has 1 heterocycles. The molecule has 16 heavy (non-hydrogen) atoms. The van der Waals surface area contributed by atoms with Gasteiger partial charge in [-0.05, 0) is 42.9 Å². The van der Waals surface area contributed by atoms with E-state index in [1.165, 1.54) is 16.7 Å². The van der Waals surface area contributed by atoms with Crippen LogP contribution in [0, 0.1) is 13.8 Å².